The molecule has 0 spiro atoms. The van der Waals surface area contributed by atoms with Gasteiger partial charge in [0.2, 0.25) is 13.5 Å². The Morgan fingerprint density at radius 1 is 0.504 bits per heavy atom. The van der Waals surface area contributed by atoms with E-state index in [1.54, 1.807) is 66.7 Å². The van der Waals surface area contributed by atoms with E-state index >= 15 is 9.36 Å². The van der Waals surface area contributed by atoms with Crippen LogP contribution in [0, 0.1) is 0 Å². The molecule has 3 aromatic carbocycles. The number of phosphoric ester groups is 1. The average Bonchev–Trinajstić information content (AvgIpc) is 0.770. The Morgan fingerprint density at radius 2 is 0.929 bits per heavy atom. The zero-order valence-electron chi connectivity index (χ0n) is 67.4. The van der Waals surface area contributed by atoms with Crippen molar-refractivity contribution in [2.45, 2.75) is 354 Å². The van der Waals surface area contributed by atoms with Gasteiger partial charge < -0.3 is 62.3 Å². The van der Waals surface area contributed by atoms with E-state index in [4.69, 9.17) is 126 Å². The molecule has 1 aliphatic heterocycles. The second-order valence-electron chi connectivity index (χ2n) is 29.5. The molecule has 3 aromatic rings. The number of rotatable bonds is 61. The Morgan fingerprint density at radius 3 is 1.37 bits per heavy atom. The molecular weight excluding hydrogens is 1600 g/mol. The number of para-hydroxylation sites is 2. The van der Waals surface area contributed by atoms with Gasteiger partial charge in [-0.25, -0.2) is 18.9 Å². The quantitative estimate of drug-likeness (QED) is 0.0175. The van der Waals surface area contributed by atoms with Crippen LogP contribution in [0.2, 0.25) is 0 Å². The summed E-state index contributed by atoms with van der Waals surface area (Å²) in [7, 11) is -5.26. The number of unbranched alkanes of at least 4 members (excludes halogenated alkanes) is 28. The molecule has 1 fully saturated rings. The van der Waals surface area contributed by atoms with E-state index in [0.717, 1.165) is 167 Å². The zero-order chi connectivity index (χ0) is 82.6. The molecule has 0 aromatic heterocycles. The topological polar surface area (TPSA) is 271 Å². The van der Waals surface area contributed by atoms with E-state index in [2.05, 4.69) is 38.3 Å². The molecule has 640 valence electrons. The normalized spacial score (nSPS) is 16.7. The number of alkyl halides is 6. The maximum absolute atomic E-state index is 15.9. The highest BCUT2D eigenvalue weighted by molar-refractivity contribution is 7.49. The Hall–Kier alpha value is -5.00. The number of hydrogen-bond acceptors (Lipinski definition) is 20. The van der Waals surface area contributed by atoms with E-state index in [9.17, 15) is 28.8 Å². The van der Waals surface area contributed by atoms with Gasteiger partial charge >= 0.3 is 43.9 Å². The van der Waals surface area contributed by atoms with Crippen molar-refractivity contribution in [2.24, 2.45) is 0 Å². The van der Waals surface area contributed by atoms with Crippen molar-refractivity contribution in [3.8, 4) is 11.5 Å². The lowest BCUT2D eigenvalue weighted by Crippen LogP contribution is -2.67. The van der Waals surface area contributed by atoms with Gasteiger partial charge in [-0.1, -0.05) is 344 Å². The van der Waals surface area contributed by atoms with Crippen LogP contribution in [-0.4, -0.2) is 124 Å². The maximum Gasteiger partial charge on any atom is 0.588 e. The lowest BCUT2D eigenvalue weighted by Gasteiger charge is -2.45. The molecule has 1 saturated heterocycles. The summed E-state index contributed by atoms with van der Waals surface area (Å²) in [4.78, 5) is 101. The molecule has 0 aliphatic carbocycles. The van der Waals surface area contributed by atoms with Crippen LogP contribution in [0.25, 0.3) is 0 Å². The lowest BCUT2D eigenvalue weighted by molar-refractivity contribution is -0.272. The monoisotopic (exact) mass is 1720 g/mol. The summed E-state index contributed by atoms with van der Waals surface area (Å²) in [5.41, 5.74) is -1.29. The molecule has 22 nitrogen and oxygen atoms in total. The minimum Gasteiger partial charge on any atom is -0.462 e. The predicted molar refractivity (Wildman–Crippen MR) is 443 cm³/mol. The molecule has 0 radical (unpaired) electrons. The molecule has 4 rings (SSSR count). The first-order chi connectivity index (χ1) is 54.2. The number of nitrogens with one attached hydrogen (secondary N) is 2. The number of alkyl carbamates (subject to hydrolysis) is 1. The zero-order valence-corrected chi connectivity index (χ0v) is 72.8. The molecule has 8 atom stereocenters. The SMILES string of the molecule is CCCCCCCCCCC[C@H](CC(=O)N[C@@H](CO[C@@H]1O[C@H](COC(=O)OC(C)(C)C(Cl)(Cl)Cl)[C@@H](OP(=O)(Oc2ccccc2)Oc2ccccc2)[C@H](OC(=O)C[C@@H](CCCCCCCCCCC)OC(=O)CCCCCCCCC)[C@H]1NC(=O)OCC(Cl)(Cl)Cl)C(=O)OCc1ccccc1)OC(=O)CCCCCCCCC. The summed E-state index contributed by atoms with van der Waals surface area (Å²) >= 11 is 37.2. The Kier molecular flexibility index (Phi) is 51.5. The molecule has 2 amide bonds. The van der Waals surface area contributed by atoms with Crippen molar-refractivity contribution in [3.05, 3.63) is 96.6 Å². The van der Waals surface area contributed by atoms with Crippen LogP contribution in [0.3, 0.4) is 0 Å². The third-order valence-electron chi connectivity index (χ3n) is 19.0. The van der Waals surface area contributed by atoms with Gasteiger partial charge in [0.05, 0.1) is 19.4 Å². The summed E-state index contributed by atoms with van der Waals surface area (Å²) in [6, 6.07) is 20.4. The Labute approximate surface area is 702 Å². The van der Waals surface area contributed by atoms with Gasteiger partial charge in [-0.2, -0.15) is 0 Å². The van der Waals surface area contributed by atoms with Crippen LogP contribution < -0.4 is 19.7 Å². The van der Waals surface area contributed by atoms with Crippen molar-refractivity contribution in [3.63, 3.8) is 0 Å². The van der Waals surface area contributed by atoms with Crippen LogP contribution in [0.1, 0.15) is 291 Å². The summed E-state index contributed by atoms with van der Waals surface area (Å²) in [6.07, 6.45) is 18.1. The summed E-state index contributed by atoms with van der Waals surface area (Å²) in [6.45, 7) is 8.16. The van der Waals surface area contributed by atoms with E-state index in [1.807, 2.05) is 0 Å². The average molecular weight is 1730 g/mol. The van der Waals surface area contributed by atoms with Crippen LogP contribution in [-0.2, 0) is 82.3 Å². The number of ether oxygens (including phenoxy) is 9. The molecule has 1 heterocycles. The first-order valence-corrected chi connectivity index (χ1v) is 44.9. The van der Waals surface area contributed by atoms with Crippen molar-refractivity contribution in [2.75, 3.05) is 19.8 Å². The highest BCUT2D eigenvalue weighted by Crippen LogP contribution is 2.53. The van der Waals surface area contributed by atoms with Crippen molar-refractivity contribution >= 4 is 119 Å². The third-order valence-corrected chi connectivity index (χ3v) is 22.1. The van der Waals surface area contributed by atoms with Gasteiger partial charge in [0, 0.05) is 12.8 Å². The standard InChI is InChI=1S/C84H127Cl6N2O20P/c1-7-11-15-19-23-25-29-31-40-54-67(105-72(94)56-46-33-27-21-17-13-9-3)58-71(93)91-69(78(97)101-60-64-48-38-35-39-49-64)61-102-79-75(92-80(98)104-63-83(85,86)87)77(108-74(96)59-68(55-41-32-30-26-24-20-16-12-8-2)106-73(95)57-47-34-28-22-18-14-10-4)76(70(107-79)62-103-81(99)109-82(5,6)84(88,89)90)112-113(100,110-65-50-42-36-43-51-65)111-66-52-44-37-45-53-66/h35-39,42-45,48-53,67-70,75-77,79H,7-34,40-41,46-47,54-63H2,1-6H3,(H,91,93)(H,92,98)/t67-,68-,69+,70-,75-,76-,77-,79-/m1/s1. The van der Waals surface area contributed by atoms with Crippen molar-refractivity contribution in [1.29, 1.82) is 0 Å². The summed E-state index contributed by atoms with van der Waals surface area (Å²) in [5, 5.41) is 5.31. The highest BCUT2D eigenvalue weighted by atomic mass is 35.6. The number of phosphoric acid groups is 1. The number of esters is 4. The molecule has 113 heavy (non-hydrogen) atoms. The minimum atomic E-state index is -5.26. The van der Waals surface area contributed by atoms with E-state index < -0.39 is 138 Å². The highest BCUT2D eigenvalue weighted by Gasteiger charge is 2.55. The van der Waals surface area contributed by atoms with E-state index in [0.29, 0.717) is 37.7 Å². The predicted octanol–water partition coefficient (Wildman–Crippen LogP) is 23.0. The van der Waals surface area contributed by atoms with Gasteiger partial charge in [0.15, 0.2) is 24.0 Å². The first-order valence-electron chi connectivity index (χ1n) is 41.2. The van der Waals surface area contributed by atoms with Crippen LogP contribution >= 0.6 is 77.4 Å². The minimum absolute atomic E-state index is 0.0603. The van der Waals surface area contributed by atoms with Crippen LogP contribution in [0.15, 0.2) is 91.0 Å². The first kappa shape index (κ1) is 100. The van der Waals surface area contributed by atoms with Crippen LogP contribution in [0.5, 0.6) is 11.5 Å². The summed E-state index contributed by atoms with van der Waals surface area (Å²) in [5.74, 6) is -3.99. The largest absolute Gasteiger partial charge is 0.588 e. The van der Waals surface area contributed by atoms with Gasteiger partial charge in [-0.15, -0.1) is 0 Å². The smallest absolute Gasteiger partial charge is 0.462 e. The number of amides is 2. The fraction of sp³-hybridized carbons (Fsp3) is 0.702. The fourth-order valence-electron chi connectivity index (χ4n) is 12.6. The second kappa shape index (κ2) is 58.0. The molecule has 0 bridgehead atoms. The van der Waals surface area contributed by atoms with E-state index in [1.165, 1.54) is 51.0 Å². The van der Waals surface area contributed by atoms with Crippen LogP contribution in [0.4, 0.5) is 9.59 Å². The van der Waals surface area contributed by atoms with Gasteiger partial charge in [0.25, 0.3) is 0 Å². The number of halogens is 6. The molecule has 29 heteroatoms. The third kappa shape index (κ3) is 45.5. The molecule has 0 saturated carbocycles. The molecular formula is C84H127Cl6N2O20P. The second-order valence-corrected chi connectivity index (χ2v) is 35.8. The van der Waals surface area contributed by atoms with Gasteiger partial charge in [-0.3, -0.25) is 23.7 Å². The molecule has 2 N–H and O–H groups in total. The lowest BCUT2D eigenvalue weighted by atomic mass is 9.96. The van der Waals surface area contributed by atoms with Crippen molar-refractivity contribution < 1.29 is 94.3 Å². The maximum atomic E-state index is 15.9. The Bertz CT molecular complexity index is 3110. The number of carbonyl (C=O) groups is 7. The number of carbonyl (C=O) groups excluding carboxylic acids is 7. The Balaban J connectivity index is 1.93. The van der Waals surface area contributed by atoms with Gasteiger partial charge in [-0.05, 0) is 82.2 Å². The summed E-state index contributed by atoms with van der Waals surface area (Å²) < 4.78 is 84.9. The van der Waals surface area contributed by atoms with Crippen molar-refractivity contribution in [1.82, 2.24) is 10.6 Å². The fourth-order valence-corrected chi connectivity index (χ4v) is 14.3. The molecule has 1 aliphatic rings. The molecule has 0 unspecified atom stereocenters. The number of hydrogen-bond donors (Lipinski definition) is 2. The van der Waals surface area contributed by atoms with E-state index in [-0.39, 0.29) is 43.8 Å². The van der Waals surface area contributed by atoms with Gasteiger partial charge in [0.1, 0.15) is 61.8 Å². The number of benzene rings is 3.